The first-order valence-corrected chi connectivity index (χ1v) is 7.22. The molecule has 3 rings (SSSR count). The Morgan fingerprint density at radius 2 is 1.83 bits per heavy atom. The first-order chi connectivity index (χ1) is 8.73. The van der Waals surface area contributed by atoms with E-state index in [1.165, 1.54) is 36.9 Å². The van der Waals surface area contributed by atoms with Crippen LogP contribution in [-0.2, 0) is 12.8 Å². The van der Waals surface area contributed by atoms with Crippen LogP contribution in [0.25, 0.3) is 0 Å². The van der Waals surface area contributed by atoms with Gasteiger partial charge in [0.25, 0.3) is 0 Å². The topological polar surface area (TPSA) is 29.3 Å². The summed E-state index contributed by atoms with van der Waals surface area (Å²) in [6, 6.07) is 8.84. The number of hydrogen-bond acceptors (Lipinski definition) is 2. The molecule has 0 spiro atoms. The maximum Gasteiger partial charge on any atom is 0.0409 e. The van der Waals surface area contributed by atoms with Crippen LogP contribution in [-0.4, -0.2) is 30.6 Å². The Bertz CT molecular complexity index is 398. The van der Waals surface area contributed by atoms with Gasteiger partial charge in [0, 0.05) is 18.6 Å². The number of nitrogens with zero attached hydrogens (tertiary/aromatic N) is 1. The Labute approximate surface area is 110 Å². The number of nitrogens with two attached hydrogens (primary N) is 1. The largest absolute Gasteiger partial charge is 0.329 e. The molecule has 1 aromatic carbocycles. The third-order valence-electron chi connectivity index (χ3n) is 5.10. The Kier molecular flexibility index (Phi) is 3.16. The van der Waals surface area contributed by atoms with E-state index in [1.807, 2.05) is 0 Å². The Morgan fingerprint density at radius 1 is 1.22 bits per heavy atom. The zero-order valence-electron chi connectivity index (χ0n) is 11.4. The van der Waals surface area contributed by atoms with E-state index in [9.17, 15) is 0 Å². The van der Waals surface area contributed by atoms with E-state index in [0.29, 0.717) is 0 Å². The van der Waals surface area contributed by atoms with Crippen LogP contribution in [0.3, 0.4) is 0 Å². The van der Waals surface area contributed by atoms with Gasteiger partial charge in [-0.05, 0) is 49.8 Å². The fraction of sp³-hybridized carbons (Fsp3) is 0.625. The molecule has 2 nitrogen and oxygen atoms in total. The highest BCUT2D eigenvalue weighted by Gasteiger charge is 2.40. The molecule has 0 aliphatic heterocycles. The van der Waals surface area contributed by atoms with Crippen molar-refractivity contribution >= 4 is 0 Å². The lowest BCUT2D eigenvalue weighted by Crippen LogP contribution is -2.54. The summed E-state index contributed by atoms with van der Waals surface area (Å²) in [6.07, 6.45) is 6.51. The molecule has 1 fully saturated rings. The summed E-state index contributed by atoms with van der Waals surface area (Å²) in [4.78, 5) is 2.55. The minimum atomic E-state index is 0.180. The second kappa shape index (κ2) is 4.67. The summed E-state index contributed by atoms with van der Waals surface area (Å²) in [5, 5.41) is 0. The van der Waals surface area contributed by atoms with Crippen molar-refractivity contribution in [1.29, 1.82) is 0 Å². The van der Waals surface area contributed by atoms with Crippen molar-refractivity contribution in [3.05, 3.63) is 35.4 Å². The summed E-state index contributed by atoms with van der Waals surface area (Å²) >= 11 is 0. The van der Waals surface area contributed by atoms with Gasteiger partial charge in [0.15, 0.2) is 0 Å². The first kappa shape index (κ1) is 12.2. The predicted octanol–water partition coefficient (Wildman–Crippen LogP) is 2.21. The summed E-state index contributed by atoms with van der Waals surface area (Å²) in [5.41, 5.74) is 9.33. The van der Waals surface area contributed by atoms with Crippen molar-refractivity contribution < 1.29 is 0 Å². The fourth-order valence-corrected chi connectivity index (χ4v) is 3.50. The number of hydrogen-bond donors (Lipinski definition) is 1. The molecular formula is C16H24N2. The lowest BCUT2D eigenvalue weighted by Gasteiger charge is -2.41. The predicted molar refractivity (Wildman–Crippen MR) is 75.6 cm³/mol. The first-order valence-electron chi connectivity index (χ1n) is 7.22. The molecule has 0 bridgehead atoms. The lowest BCUT2D eigenvalue weighted by atomic mass is 9.83. The minimum absolute atomic E-state index is 0.180. The highest BCUT2D eigenvalue weighted by Crippen LogP contribution is 2.36. The molecule has 18 heavy (non-hydrogen) atoms. The van der Waals surface area contributed by atoms with Gasteiger partial charge in [0.1, 0.15) is 0 Å². The standard InChI is InChI=1S/C16H24N2/c1-18(11-13-5-4-6-13)16(12-17)9-14-7-2-3-8-15(14)10-16/h2-3,7-8,13H,4-6,9-12,17H2,1H3. The Morgan fingerprint density at radius 3 is 2.28 bits per heavy atom. The Balaban J connectivity index is 1.76. The average molecular weight is 244 g/mol. The van der Waals surface area contributed by atoms with Crippen molar-refractivity contribution in [3.8, 4) is 0 Å². The lowest BCUT2D eigenvalue weighted by molar-refractivity contribution is 0.0920. The fourth-order valence-electron chi connectivity index (χ4n) is 3.50. The summed E-state index contributed by atoms with van der Waals surface area (Å²) in [5.74, 6) is 0.919. The quantitative estimate of drug-likeness (QED) is 0.880. The van der Waals surface area contributed by atoms with Crippen LogP contribution in [0, 0.1) is 5.92 Å². The number of likely N-dealkylation sites (N-methyl/N-ethyl adjacent to an activating group) is 1. The van der Waals surface area contributed by atoms with Crippen molar-refractivity contribution in [3.63, 3.8) is 0 Å². The summed E-state index contributed by atoms with van der Waals surface area (Å²) in [7, 11) is 2.27. The maximum absolute atomic E-state index is 6.14. The van der Waals surface area contributed by atoms with Gasteiger partial charge >= 0.3 is 0 Å². The highest BCUT2D eigenvalue weighted by molar-refractivity contribution is 5.36. The van der Waals surface area contributed by atoms with Gasteiger partial charge in [0.05, 0.1) is 0 Å². The molecule has 98 valence electrons. The maximum atomic E-state index is 6.14. The molecule has 2 N–H and O–H groups in total. The third kappa shape index (κ3) is 1.98. The van der Waals surface area contributed by atoms with Crippen LogP contribution >= 0.6 is 0 Å². The molecule has 0 amide bonds. The molecule has 0 heterocycles. The van der Waals surface area contributed by atoms with Gasteiger partial charge in [-0.15, -0.1) is 0 Å². The van der Waals surface area contributed by atoms with Gasteiger partial charge in [-0.25, -0.2) is 0 Å². The number of benzene rings is 1. The van der Waals surface area contributed by atoms with E-state index in [-0.39, 0.29) is 5.54 Å². The zero-order valence-corrected chi connectivity index (χ0v) is 11.4. The number of fused-ring (bicyclic) bond motifs is 1. The second-order valence-electron chi connectivity index (χ2n) is 6.23. The van der Waals surface area contributed by atoms with Gasteiger partial charge in [-0.3, -0.25) is 4.90 Å². The zero-order chi connectivity index (χ0) is 12.6. The van der Waals surface area contributed by atoms with Crippen LogP contribution in [0.4, 0.5) is 0 Å². The molecule has 0 saturated heterocycles. The van der Waals surface area contributed by atoms with Crippen LogP contribution in [0.1, 0.15) is 30.4 Å². The molecular weight excluding hydrogens is 220 g/mol. The van der Waals surface area contributed by atoms with Crippen LogP contribution in [0.5, 0.6) is 0 Å². The molecule has 0 unspecified atom stereocenters. The molecule has 0 aromatic heterocycles. The van der Waals surface area contributed by atoms with E-state index < -0.39 is 0 Å². The molecule has 1 saturated carbocycles. The van der Waals surface area contributed by atoms with Crippen molar-refractivity contribution in [2.75, 3.05) is 20.1 Å². The van der Waals surface area contributed by atoms with Gasteiger partial charge in [-0.2, -0.15) is 0 Å². The molecule has 2 aliphatic rings. The van der Waals surface area contributed by atoms with Crippen molar-refractivity contribution in [1.82, 2.24) is 4.90 Å². The van der Waals surface area contributed by atoms with Crippen molar-refractivity contribution in [2.24, 2.45) is 11.7 Å². The summed E-state index contributed by atoms with van der Waals surface area (Å²) < 4.78 is 0. The molecule has 2 heteroatoms. The highest BCUT2D eigenvalue weighted by atomic mass is 15.2. The molecule has 2 aliphatic carbocycles. The van der Waals surface area contributed by atoms with Gasteiger partial charge < -0.3 is 5.73 Å². The van der Waals surface area contributed by atoms with Crippen molar-refractivity contribution in [2.45, 2.75) is 37.6 Å². The molecule has 1 aromatic rings. The van der Waals surface area contributed by atoms with Crippen LogP contribution < -0.4 is 5.73 Å². The van der Waals surface area contributed by atoms with Gasteiger partial charge in [-0.1, -0.05) is 30.7 Å². The van der Waals surface area contributed by atoms with Crippen LogP contribution in [0.15, 0.2) is 24.3 Å². The van der Waals surface area contributed by atoms with Gasteiger partial charge in [0.2, 0.25) is 0 Å². The molecule has 0 atom stereocenters. The average Bonchev–Trinajstić information content (AvgIpc) is 2.73. The molecule has 0 radical (unpaired) electrons. The van der Waals surface area contributed by atoms with E-state index in [4.69, 9.17) is 5.73 Å². The second-order valence-corrected chi connectivity index (χ2v) is 6.23. The summed E-state index contributed by atoms with van der Waals surface area (Å²) in [6.45, 7) is 2.00. The normalized spacial score (nSPS) is 21.9. The van der Waals surface area contributed by atoms with E-state index in [1.54, 1.807) is 0 Å². The number of rotatable bonds is 4. The minimum Gasteiger partial charge on any atom is -0.329 e. The van der Waals surface area contributed by atoms with E-state index in [2.05, 4.69) is 36.2 Å². The third-order valence-corrected chi connectivity index (χ3v) is 5.10. The Hall–Kier alpha value is -0.860. The van der Waals surface area contributed by atoms with Crippen LogP contribution in [0.2, 0.25) is 0 Å². The SMILES string of the molecule is CN(CC1CCC1)C1(CN)Cc2ccccc2C1. The van der Waals surface area contributed by atoms with E-state index in [0.717, 1.165) is 25.3 Å². The smallest absolute Gasteiger partial charge is 0.0409 e. The van der Waals surface area contributed by atoms with E-state index >= 15 is 0 Å². The monoisotopic (exact) mass is 244 g/mol.